The van der Waals surface area contributed by atoms with E-state index in [4.69, 9.17) is 0 Å². The smallest absolute Gasteiger partial charge is 2.00 e. The first kappa shape index (κ1) is 24.6. The van der Waals surface area contributed by atoms with Crippen molar-refractivity contribution in [2.45, 2.75) is 0 Å². The van der Waals surface area contributed by atoms with E-state index in [0.717, 1.165) is 0 Å². The largest absolute Gasteiger partial charge is 2.00 e. The van der Waals surface area contributed by atoms with Crippen LogP contribution in [0.25, 0.3) is 0 Å². The Labute approximate surface area is 58.8 Å². The molecule has 43 valence electrons. The molecule has 0 bridgehead atoms. The van der Waals surface area contributed by atoms with Gasteiger partial charge in [0.1, 0.15) is 0 Å². The molecule has 0 fully saturated rings. The summed E-state index contributed by atoms with van der Waals surface area (Å²) in [6, 6.07) is 0. The van der Waals surface area contributed by atoms with E-state index >= 15 is 0 Å². The molecule has 0 aliphatic rings. The molecule has 0 radical (unpaired) electrons. The second kappa shape index (κ2) is 15.8. The van der Waals surface area contributed by atoms with Crippen molar-refractivity contribution in [1.29, 1.82) is 0 Å². The van der Waals surface area contributed by atoms with Gasteiger partial charge in [0.05, 0.1) is 0 Å². The van der Waals surface area contributed by atoms with Gasteiger partial charge in [0.2, 0.25) is 0 Å². The molecule has 0 saturated heterocycles. The minimum absolute atomic E-state index is 0. The summed E-state index contributed by atoms with van der Waals surface area (Å²) in [6.07, 6.45) is 0. The van der Waals surface area contributed by atoms with Gasteiger partial charge in [0.15, 0.2) is 0 Å². The summed E-state index contributed by atoms with van der Waals surface area (Å²) in [5, 5.41) is 0. The van der Waals surface area contributed by atoms with Crippen molar-refractivity contribution in [3.05, 3.63) is 0 Å². The van der Waals surface area contributed by atoms with Gasteiger partial charge in [-0.15, -0.1) is 0 Å². The van der Waals surface area contributed by atoms with Crippen molar-refractivity contribution in [1.82, 2.24) is 0 Å². The van der Waals surface area contributed by atoms with E-state index in [9.17, 15) is 10.6 Å². The predicted molar refractivity (Wildman–Crippen MR) is 9.08 cm³/mol. The molecule has 0 saturated carbocycles. The molecule has 0 amide bonds. The van der Waals surface area contributed by atoms with E-state index in [1.807, 2.05) is 0 Å². The molecule has 0 spiro atoms. The Balaban J connectivity index is -0.0000000150. The van der Waals surface area contributed by atoms with Crippen LogP contribution in [0.15, 0.2) is 0 Å². The third-order valence-electron chi connectivity index (χ3n) is 0. The fourth-order valence-electron chi connectivity index (χ4n) is 0. The molecule has 7 heavy (non-hydrogen) atoms. The molecule has 0 atom stereocenters. The third-order valence-corrected chi connectivity index (χ3v) is 0. The molecule has 0 aromatic carbocycles. The molecule has 0 N–H and O–H groups in total. The van der Waals surface area contributed by atoms with Gasteiger partial charge in [-0.1, -0.05) is 0 Å². The summed E-state index contributed by atoms with van der Waals surface area (Å²) >= 11 is -4.54. The molecule has 0 rings (SSSR count). The third kappa shape index (κ3) is 189. The molecular weight excluding hydrogens is 171 g/mol. The van der Waals surface area contributed by atoms with E-state index in [-0.39, 0.29) is 32.5 Å². The molecule has 0 nitrogen and oxygen atoms in total. The zero-order valence-corrected chi connectivity index (χ0v) is 5.69. The first-order chi connectivity index (χ1) is 1.73. The molecular formula is CrF5Mg. The average Bonchev–Trinajstić information content (AvgIpc) is 0.811. The quantitative estimate of drug-likeness (QED) is 0.253. The van der Waals surface area contributed by atoms with Crippen molar-refractivity contribution in [2.24, 2.45) is 0 Å². The van der Waals surface area contributed by atoms with Gasteiger partial charge in [0, 0.05) is 0 Å². The van der Waals surface area contributed by atoms with Gasteiger partial charge in [-0.05, 0) is 0 Å². The Morgan fingerprint density at radius 1 is 0.857 bits per heavy atom. The van der Waals surface area contributed by atoms with Gasteiger partial charge < -0.3 is 9.41 Å². The van der Waals surface area contributed by atoms with Gasteiger partial charge in [-0.3, -0.25) is 0 Å². The van der Waals surface area contributed by atoms with Crippen LogP contribution in [-0.4, -0.2) is 23.1 Å². The van der Waals surface area contributed by atoms with Gasteiger partial charge in [0.25, 0.3) is 0 Å². The molecule has 0 aliphatic heterocycles. The zero-order chi connectivity index (χ0) is 3.58. The topological polar surface area (TPSA) is 0 Å². The van der Waals surface area contributed by atoms with Crippen molar-refractivity contribution < 1.29 is 35.5 Å². The van der Waals surface area contributed by atoms with Crippen LogP contribution in [-0.2, 0) is 15.5 Å². The summed E-state index contributed by atoms with van der Waals surface area (Å²) < 4.78 is 29.4. The predicted octanol–water partition coefficient (Wildman–Crippen LogP) is -5.11. The van der Waals surface area contributed by atoms with E-state index < -0.39 is 15.5 Å². The summed E-state index contributed by atoms with van der Waals surface area (Å²) in [6.45, 7) is 0. The number of hydrogen-bond acceptors (Lipinski definition) is 0. The fourth-order valence-corrected chi connectivity index (χ4v) is 0. The molecule has 0 heterocycles. The Morgan fingerprint density at radius 2 is 0.857 bits per heavy atom. The maximum atomic E-state index is 9.79. The van der Waals surface area contributed by atoms with E-state index in [2.05, 4.69) is 0 Å². The normalized spacial score (nSPS) is 5.14. The van der Waals surface area contributed by atoms with Gasteiger partial charge in [-0.2, -0.15) is 0 Å². The summed E-state index contributed by atoms with van der Waals surface area (Å²) in [4.78, 5) is 0. The Hall–Kier alpha value is 0.949. The minimum atomic E-state index is -4.54. The van der Waals surface area contributed by atoms with Gasteiger partial charge in [-0.25, -0.2) is 0 Å². The van der Waals surface area contributed by atoms with Crippen LogP contribution in [0.5, 0.6) is 0 Å². The fraction of sp³-hybridized carbons (Fsp3) is 0. The Kier molecular flexibility index (Phi) is 55.5. The maximum Gasteiger partial charge on any atom is 2.00 e. The van der Waals surface area contributed by atoms with E-state index in [1.165, 1.54) is 0 Å². The molecule has 0 unspecified atom stereocenters. The molecule has 0 aliphatic carbocycles. The number of hydrogen-bond donors (Lipinski definition) is 0. The van der Waals surface area contributed by atoms with Crippen LogP contribution >= 0.6 is 0 Å². The van der Waals surface area contributed by atoms with Crippen molar-refractivity contribution >= 4 is 23.1 Å². The van der Waals surface area contributed by atoms with Crippen LogP contribution in [0.2, 0.25) is 0 Å². The standard InChI is InChI=1S/Cr.5FH.Mg/h;5*1H;/q+3;;;;;;+2/p-5. The molecule has 0 aromatic rings. The molecule has 0 aromatic heterocycles. The Bertz CT molecular complexity index is 12.8. The van der Waals surface area contributed by atoms with Crippen molar-refractivity contribution in [3.63, 3.8) is 0 Å². The number of halogens is 5. The van der Waals surface area contributed by atoms with Crippen LogP contribution in [0, 0.1) is 0 Å². The van der Waals surface area contributed by atoms with Crippen LogP contribution in [0.3, 0.4) is 0 Å². The first-order valence-electron chi connectivity index (χ1n) is 0.463. The van der Waals surface area contributed by atoms with Crippen LogP contribution < -0.4 is 9.41 Å². The number of rotatable bonds is 0. The SMILES string of the molecule is [F-].[F-].[F][Cr]([F])[F].[Mg+2]. The van der Waals surface area contributed by atoms with Gasteiger partial charge >= 0.3 is 49.2 Å². The summed E-state index contributed by atoms with van der Waals surface area (Å²) in [7, 11) is 0. The zero-order valence-electron chi connectivity index (χ0n) is 3.01. The molecule has 7 heteroatoms. The van der Waals surface area contributed by atoms with Crippen LogP contribution in [0.4, 0.5) is 10.6 Å². The Morgan fingerprint density at radius 3 is 0.857 bits per heavy atom. The van der Waals surface area contributed by atoms with E-state index in [1.54, 1.807) is 0 Å². The average molecular weight is 171 g/mol. The second-order valence-corrected chi connectivity index (χ2v) is 0.721. The first-order valence-corrected chi connectivity index (χ1v) is 1.91. The minimum Gasteiger partial charge on any atom is 2.00 e. The van der Waals surface area contributed by atoms with Crippen molar-refractivity contribution in [3.8, 4) is 0 Å². The monoisotopic (exact) mass is 171 g/mol. The summed E-state index contributed by atoms with van der Waals surface area (Å²) in [5.74, 6) is 0. The van der Waals surface area contributed by atoms with Crippen molar-refractivity contribution in [2.75, 3.05) is 0 Å². The van der Waals surface area contributed by atoms with Crippen LogP contribution in [0.1, 0.15) is 0 Å². The van der Waals surface area contributed by atoms with E-state index in [0.29, 0.717) is 0 Å². The summed E-state index contributed by atoms with van der Waals surface area (Å²) in [5.41, 5.74) is 0. The maximum absolute atomic E-state index is 9.79. The second-order valence-electron chi connectivity index (χ2n) is 0.175.